The zero-order valence-electron chi connectivity index (χ0n) is 13.7. The zero-order valence-corrected chi connectivity index (χ0v) is 14.6. The Morgan fingerprint density at radius 2 is 2.09 bits per heavy atom. The standard InChI is InChI=1S/C17H26N2O2S/c1-14-5-7-16(8-6-14)21-12-17(20)19-9-4-10-22-13-15(19)11-18(2)3/h5-8,15H,4,9-13H2,1-3H3. The first-order valence-electron chi connectivity index (χ1n) is 7.77. The Bertz CT molecular complexity index is 476. The molecule has 1 aromatic carbocycles. The molecule has 1 aliphatic heterocycles. The molecule has 1 unspecified atom stereocenters. The highest BCUT2D eigenvalue weighted by atomic mass is 32.2. The number of hydrogen-bond donors (Lipinski definition) is 0. The van der Waals surface area contributed by atoms with Gasteiger partial charge in [0.1, 0.15) is 5.75 Å². The van der Waals surface area contributed by atoms with E-state index in [1.54, 1.807) is 0 Å². The van der Waals surface area contributed by atoms with Crippen LogP contribution in [0.5, 0.6) is 5.75 Å². The summed E-state index contributed by atoms with van der Waals surface area (Å²) in [5.74, 6) is 2.99. The van der Waals surface area contributed by atoms with Gasteiger partial charge < -0.3 is 14.5 Å². The number of benzene rings is 1. The number of carbonyl (C=O) groups is 1. The maximum atomic E-state index is 12.6. The third-order valence-electron chi connectivity index (χ3n) is 3.72. The van der Waals surface area contributed by atoms with Gasteiger partial charge in [0.15, 0.2) is 6.61 Å². The minimum Gasteiger partial charge on any atom is -0.484 e. The number of aryl methyl sites for hydroxylation is 1. The van der Waals surface area contributed by atoms with Crippen LogP contribution < -0.4 is 4.74 Å². The highest BCUT2D eigenvalue weighted by Gasteiger charge is 2.26. The molecule has 4 nitrogen and oxygen atoms in total. The van der Waals surface area contributed by atoms with Gasteiger partial charge in [-0.15, -0.1) is 0 Å². The van der Waals surface area contributed by atoms with E-state index in [4.69, 9.17) is 4.74 Å². The molecule has 1 heterocycles. The maximum absolute atomic E-state index is 12.6. The van der Waals surface area contributed by atoms with Gasteiger partial charge in [-0.3, -0.25) is 4.79 Å². The fourth-order valence-corrected chi connectivity index (χ4v) is 3.65. The molecule has 1 saturated heterocycles. The van der Waals surface area contributed by atoms with Crippen LogP contribution in [0.2, 0.25) is 0 Å². The fourth-order valence-electron chi connectivity index (χ4n) is 2.59. The van der Waals surface area contributed by atoms with Crippen molar-refractivity contribution in [2.75, 3.05) is 45.3 Å². The van der Waals surface area contributed by atoms with Crippen molar-refractivity contribution < 1.29 is 9.53 Å². The van der Waals surface area contributed by atoms with E-state index in [1.165, 1.54) is 5.56 Å². The third-order valence-corrected chi connectivity index (χ3v) is 4.92. The predicted molar refractivity (Wildman–Crippen MR) is 92.7 cm³/mol. The lowest BCUT2D eigenvalue weighted by atomic mass is 10.2. The molecule has 0 bridgehead atoms. The molecule has 0 aromatic heterocycles. The van der Waals surface area contributed by atoms with Crippen molar-refractivity contribution in [3.63, 3.8) is 0 Å². The van der Waals surface area contributed by atoms with Crippen molar-refractivity contribution in [1.82, 2.24) is 9.80 Å². The van der Waals surface area contributed by atoms with E-state index in [0.717, 1.165) is 36.8 Å². The van der Waals surface area contributed by atoms with E-state index >= 15 is 0 Å². The van der Waals surface area contributed by atoms with Gasteiger partial charge in [-0.2, -0.15) is 11.8 Å². The van der Waals surface area contributed by atoms with Gasteiger partial charge in [-0.05, 0) is 45.3 Å². The summed E-state index contributed by atoms with van der Waals surface area (Å²) >= 11 is 1.94. The summed E-state index contributed by atoms with van der Waals surface area (Å²) in [5, 5.41) is 0. The first-order chi connectivity index (χ1) is 10.6. The molecule has 1 fully saturated rings. The van der Waals surface area contributed by atoms with Gasteiger partial charge in [0.05, 0.1) is 6.04 Å². The number of amides is 1. The van der Waals surface area contributed by atoms with Crippen LogP contribution in [0.4, 0.5) is 0 Å². The minimum atomic E-state index is 0.0925. The fraction of sp³-hybridized carbons (Fsp3) is 0.588. The maximum Gasteiger partial charge on any atom is 0.260 e. The van der Waals surface area contributed by atoms with Crippen molar-refractivity contribution in [2.24, 2.45) is 0 Å². The summed E-state index contributed by atoms with van der Waals surface area (Å²) in [4.78, 5) is 16.7. The van der Waals surface area contributed by atoms with E-state index in [9.17, 15) is 4.79 Å². The Labute approximate surface area is 137 Å². The topological polar surface area (TPSA) is 32.8 Å². The predicted octanol–water partition coefficient (Wildman–Crippen LogP) is 2.27. The van der Waals surface area contributed by atoms with Crippen LogP contribution >= 0.6 is 11.8 Å². The monoisotopic (exact) mass is 322 g/mol. The highest BCUT2D eigenvalue weighted by molar-refractivity contribution is 7.99. The summed E-state index contributed by atoms with van der Waals surface area (Å²) < 4.78 is 5.66. The summed E-state index contributed by atoms with van der Waals surface area (Å²) in [7, 11) is 4.11. The molecule has 0 saturated carbocycles. The Kier molecular flexibility index (Phi) is 6.58. The quantitative estimate of drug-likeness (QED) is 0.832. The second kappa shape index (κ2) is 8.44. The molecule has 1 amide bonds. The number of hydrogen-bond acceptors (Lipinski definition) is 4. The number of likely N-dealkylation sites (N-methyl/N-ethyl adjacent to an activating group) is 1. The molecule has 1 aromatic rings. The lowest BCUT2D eigenvalue weighted by Crippen LogP contribution is -2.48. The zero-order chi connectivity index (χ0) is 15.9. The Balaban J connectivity index is 1.93. The number of thioether (sulfide) groups is 1. The molecular weight excluding hydrogens is 296 g/mol. The van der Waals surface area contributed by atoms with Crippen molar-refractivity contribution in [2.45, 2.75) is 19.4 Å². The summed E-state index contributed by atoms with van der Waals surface area (Å²) in [5.41, 5.74) is 1.19. The van der Waals surface area contributed by atoms with E-state index in [1.807, 2.05) is 47.9 Å². The molecule has 2 rings (SSSR count). The molecule has 1 atom stereocenters. The van der Waals surface area contributed by atoms with E-state index in [-0.39, 0.29) is 18.6 Å². The Hall–Kier alpha value is -1.20. The number of nitrogens with zero attached hydrogens (tertiary/aromatic N) is 2. The van der Waals surface area contributed by atoms with Crippen molar-refractivity contribution in [3.8, 4) is 5.75 Å². The van der Waals surface area contributed by atoms with Crippen molar-refractivity contribution >= 4 is 17.7 Å². The van der Waals surface area contributed by atoms with Crippen LogP contribution in [0.1, 0.15) is 12.0 Å². The van der Waals surface area contributed by atoms with Gasteiger partial charge in [-0.25, -0.2) is 0 Å². The number of ether oxygens (including phenoxy) is 1. The molecule has 0 aliphatic carbocycles. The Morgan fingerprint density at radius 1 is 1.36 bits per heavy atom. The second-order valence-corrected chi connectivity index (χ2v) is 7.18. The van der Waals surface area contributed by atoms with Crippen LogP contribution in [0, 0.1) is 6.92 Å². The van der Waals surface area contributed by atoms with Crippen LogP contribution in [0.15, 0.2) is 24.3 Å². The average Bonchev–Trinajstić information content (AvgIpc) is 2.71. The molecular formula is C17H26N2O2S. The van der Waals surface area contributed by atoms with E-state index < -0.39 is 0 Å². The molecule has 122 valence electrons. The average molecular weight is 322 g/mol. The second-order valence-electron chi connectivity index (χ2n) is 6.03. The summed E-state index contributed by atoms with van der Waals surface area (Å²) in [6.45, 7) is 3.90. The lowest BCUT2D eigenvalue weighted by molar-refractivity contribution is -0.135. The first kappa shape index (κ1) is 17.2. The Morgan fingerprint density at radius 3 is 2.77 bits per heavy atom. The van der Waals surface area contributed by atoms with Gasteiger partial charge in [-0.1, -0.05) is 17.7 Å². The van der Waals surface area contributed by atoms with Crippen LogP contribution in [-0.4, -0.2) is 67.0 Å². The normalized spacial score (nSPS) is 19.1. The molecule has 1 aliphatic rings. The number of carbonyl (C=O) groups excluding carboxylic acids is 1. The van der Waals surface area contributed by atoms with Crippen LogP contribution in [0.25, 0.3) is 0 Å². The van der Waals surface area contributed by atoms with Crippen LogP contribution in [-0.2, 0) is 4.79 Å². The largest absolute Gasteiger partial charge is 0.484 e. The van der Waals surface area contributed by atoms with E-state index in [2.05, 4.69) is 19.0 Å². The number of rotatable bonds is 5. The third kappa shape index (κ3) is 5.21. The lowest BCUT2D eigenvalue weighted by Gasteiger charge is -2.31. The summed E-state index contributed by atoms with van der Waals surface area (Å²) in [6.07, 6.45) is 1.06. The summed E-state index contributed by atoms with van der Waals surface area (Å²) in [6, 6.07) is 8.10. The molecule has 0 radical (unpaired) electrons. The molecule has 0 N–H and O–H groups in total. The van der Waals surface area contributed by atoms with Gasteiger partial charge in [0.2, 0.25) is 0 Å². The minimum absolute atomic E-state index is 0.0925. The van der Waals surface area contributed by atoms with Crippen molar-refractivity contribution in [3.05, 3.63) is 29.8 Å². The first-order valence-corrected chi connectivity index (χ1v) is 8.93. The van der Waals surface area contributed by atoms with Gasteiger partial charge in [0, 0.05) is 18.8 Å². The smallest absolute Gasteiger partial charge is 0.260 e. The SMILES string of the molecule is Cc1ccc(OCC(=O)N2CCCSCC2CN(C)C)cc1. The van der Waals surface area contributed by atoms with Crippen LogP contribution in [0.3, 0.4) is 0 Å². The molecule has 5 heteroatoms. The molecule has 22 heavy (non-hydrogen) atoms. The highest BCUT2D eigenvalue weighted by Crippen LogP contribution is 2.18. The van der Waals surface area contributed by atoms with E-state index in [0.29, 0.717) is 0 Å². The molecule has 0 spiro atoms. The van der Waals surface area contributed by atoms with Gasteiger partial charge in [0.25, 0.3) is 5.91 Å². The van der Waals surface area contributed by atoms with Crippen molar-refractivity contribution in [1.29, 1.82) is 0 Å². The van der Waals surface area contributed by atoms with Gasteiger partial charge >= 0.3 is 0 Å².